The number of benzene rings is 2. The standard InChI is InChI=1S/C15H12ClNO2S/c1-19-15-7-2-11(9-17)8-12(15)10-20(18)14-5-3-13(16)4-6-14/h2-8H,10H2,1H3. The molecule has 20 heavy (non-hydrogen) atoms. The van der Waals surface area contributed by atoms with Gasteiger partial charge in [0.25, 0.3) is 0 Å². The molecule has 0 N–H and O–H groups in total. The van der Waals surface area contributed by atoms with Crippen LogP contribution in [0.5, 0.6) is 5.75 Å². The van der Waals surface area contributed by atoms with E-state index in [2.05, 4.69) is 6.07 Å². The Hall–Kier alpha value is -1.83. The van der Waals surface area contributed by atoms with Crippen molar-refractivity contribution in [2.45, 2.75) is 10.6 Å². The molecule has 0 bridgehead atoms. The average molecular weight is 306 g/mol. The van der Waals surface area contributed by atoms with Crippen LogP contribution < -0.4 is 4.74 Å². The van der Waals surface area contributed by atoms with Gasteiger partial charge in [0, 0.05) is 15.5 Å². The van der Waals surface area contributed by atoms with E-state index < -0.39 is 10.8 Å². The lowest BCUT2D eigenvalue weighted by Gasteiger charge is -2.09. The molecule has 0 saturated heterocycles. The molecule has 0 fully saturated rings. The van der Waals surface area contributed by atoms with Crippen molar-refractivity contribution in [3.05, 3.63) is 58.6 Å². The molecular weight excluding hydrogens is 294 g/mol. The molecular formula is C15H12ClNO2S. The van der Waals surface area contributed by atoms with E-state index in [9.17, 15) is 4.21 Å². The fraction of sp³-hybridized carbons (Fsp3) is 0.133. The van der Waals surface area contributed by atoms with Gasteiger partial charge in [0.05, 0.1) is 35.3 Å². The molecule has 0 aliphatic heterocycles. The number of nitriles is 1. The van der Waals surface area contributed by atoms with Crippen LogP contribution in [0.3, 0.4) is 0 Å². The minimum absolute atomic E-state index is 0.292. The van der Waals surface area contributed by atoms with E-state index in [0.29, 0.717) is 27.0 Å². The highest BCUT2D eigenvalue weighted by atomic mass is 35.5. The maximum absolute atomic E-state index is 12.3. The van der Waals surface area contributed by atoms with E-state index in [4.69, 9.17) is 21.6 Å². The molecule has 0 aliphatic carbocycles. The van der Waals surface area contributed by atoms with Gasteiger partial charge in [-0.3, -0.25) is 4.21 Å². The molecule has 0 saturated carbocycles. The van der Waals surface area contributed by atoms with Gasteiger partial charge in [0.15, 0.2) is 0 Å². The van der Waals surface area contributed by atoms with Crippen molar-refractivity contribution >= 4 is 22.4 Å². The topological polar surface area (TPSA) is 50.1 Å². The normalized spacial score (nSPS) is 11.7. The highest BCUT2D eigenvalue weighted by molar-refractivity contribution is 7.84. The Morgan fingerprint density at radius 3 is 2.55 bits per heavy atom. The monoisotopic (exact) mass is 305 g/mol. The predicted octanol–water partition coefficient (Wildman–Crippen LogP) is 3.53. The van der Waals surface area contributed by atoms with Crippen LogP contribution in [0.4, 0.5) is 0 Å². The third kappa shape index (κ3) is 3.38. The summed E-state index contributed by atoms with van der Waals surface area (Å²) in [6.07, 6.45) is 0. The van der Waals surface area contributed by atoms with Crippen LogP contribution in [0.1, 0.15) is 11.1 Å². The number of hydrogen-bond acceptors (Lipinski definition) is 3. The quantitative estimate of drug-likeness (QED) is 0.868. The van der Waals surface area contributed by atoms with Crippen LogP contribution in [0.2, 0.25) is 5.02 Å². The highest BCUT2D eigenvalue weighted by Crippen LogP contribution is 2.23. The second-order valence-electron chi connectivity index (χ2n) is 4.08. The molecule has 102 valence electrons. The van der Waals surface area contributed by atoms with E-state index in [1.807, 2.05) is 0 Å². The first kappa shape index (κ1) is 14.6. The van der Waals surface area contributed by atoms with Gasteiger partial charge in [-0.2, -0.15) is 5.26 Å². The Morgan fingerprint density at radius 2 is 1.95 bits per heavy atom. The second-order valence-corrected chi connectivity index (χ2v) is 5.97. The lowest BCUT2D eigenvalue weighted by atomic mass is 10.1. The van der Waals surface area contributed by atoms with Crippen molar-refractivity contribution in [3.63, 3.8) is 0 Å². The number of hydrogen-bond donors (Lipinski definition) is 0. The van der Waals surface area contributed by atoms with Crippen LogP contribution in [-0.2, 0) is 16.6 Å². The van der Waals surface area contributed by atoms with Crippen LogP contribution >= 0.6 is 11.6 Å². The van der Waals surface area contributed by atoms with Crippen LogP contribution in [0.25, 0.3) is 0 Å². The molecule has 0 radical (unpaired) electrons. The molecule has 1 atom stereocenters. The van der Waals surface area contributed by atoms with Crippen molar-refractivity contribution in [2.75, 3.05) is 7.11 Å². The van der Waals surface area contributed by atoms with Gasteiger partial charge in [-0.05, 0) is 42.5 Å². The lowest BCUT2D eigenvalue weighted by Crippen LogP contribution is -1.99. The number of methoxy groups -OCH3 is 1. The van der Waals surface area contributed by atoms with Gasteiger partial charge >= 0.3 is 0 Å². The van der Waals surface area contributed by atoms with Crippen LogP contribution in [0.15, 0.2) is 47.4 Å². The highest BCUT2D eigenvalue weighted by Gasteiger charge is 2.10. The molecule has 0 heterocycles. The molecule has 2 aromatic rings. The van der Waals surface area contributed by atoms with Gasteiger partial charge < -0.3 is 4.74 Å². The average Bonchev–Trinajstić information content (AvgIpc) is 2.47. The molecule has 0 aliphatic rings. The van der Waals surface area contributed by atoms with Crippen molar-refractivity contribution in [2.24, 2.45) is 0 Å². The molecule has 3 nitrogen and oxygen atoms in total. The van der Waals surface area contributed by atoms with E-state index in [1.54, 1.807) is 49.6 Å². The van der Waals surface area contributed by atoms with Gasteiger partial charge in [-0.15, -0.1) is 0 Å². The molecule has 0 spiro atoms. The Kier molecular flexibility index (Phi) is 4.78. The molecule has 2 aromatic carbocycles. The number of halogens is 1. The summed E-state index contributed by atoms with van der Waals surface area (Å²) in [6, 6.07) is 14.0. The summed E-state index contributed by atoms with van der Waals surface area (Å²) in [5.41, 5.74) is 1.27. The minimum Gasteiger partial charge on any atom is -0.496 e. The SMILES string of the molecule is COc1ccc(C#N)cc1CS(=O)c1ccc(Cl)cc1. The number of rotatable bonds is 4. The molecule has 2 rings (SSSR count). The van der Waals surface area contributed by atoms with Crippen molar-refractivity contribution in [1.29, 1.82) is 5.26 Å². The summed E-state index contributed by atoms with van der Waals surface area (Å²) in [7, 11) is 0.339. The van der Waals surface area contributed by atoms with Gasteiger partial charge in [0.1, 0.15) is 5.75 Å². The second kappa shape index (κ2) is 6.56. The summed E-state index contributed by atoms with van der Waals surface area (Å²) in [5, 5.41) is 9.53. The smallest absolute Gasteiger partial charge is 0.123 e. The maximum Gasteiger partial charge on any atom is 0.123 e. The molecule has 1 unspecified atom stereocenters. The molecule has 0 amide bonds. The van der Waals surface area contributed by atoms with Crippen molar-refractivity contribution in [3.8, 4) is 11.8 Å². The molecule has 0 aromatic heterocycles. The van der Waals surface area contributed by atoms with Gasteiger partial charge in [-0.1, -0.05) is 11.6 Å². The largest absolute Gasteiger partial charge is 0.496 e. The summed E-state index contributed by atoms with van der Waals surface area (Å²) in [4.78, 5) is 0.693. The summed E-state index contributed by atoms with van der Waals surface area (Å²) < 4.78 is 17.6. The maximum atomic E-state index is 12.3. The van der Waals surface area contributed by atoms with E-state index >= 15 is 0 Å². The van der Waals surface area contributed by atoms with Gasteiger partial charge in [-0.25, -0.2) is 0 Å². The summed E-state index contributed by atoms with van der Waals surface area (Å²) >= 11 is 5.81. The van der Waals surface area contributed by atoms with E-state index in [0.717, 1.165) is 5.56 Å². The number of ether oxygens (including phenoxy) is 1. The van der Waals surface area contributed by atoms with Gasteiger partial charge in [0.2, 0.25) is 0 Å². The summed E-state index contributed by atoms with van der Waals surface area (Å²) in [5.74, 6) is 0.923. The van der Waals surface area contributed by atoms with E-state index in [1.165, 1.54) is 0 Å². The Balaban J connectivity index is 2.27. The minimum atomic E-state index is -1.21. The zero-order valence-corrected chi connectivity index (χ0v) is 12.4. The van der Waals surface area contributed by atoms with Crippen LogP contribution in [-0.4, -0.2) is 11.3 Å². The Labute approximate surface area is 125 Å². The third-order valence-electron chi connectivity index (χ3n) is 2.77. The van der Waals surface area contributed by atoms with E-state index in [-0.39, 0.29) is 0 Å². The predicted molar refractivity (Wildman–Crippen MR) is 79.3 cm³/mol. The lowest BCUT2D eigenvalue weighted by molar-refractivity contribution is 0.411. The summed E-state index contributed by atoms with van der Waals surface area (Å²) in [6.45, 7) is 0. The van der Waals surface area contributed by atoms with Crippen molar-refractivity contribution in [1.82, 2.24) is 0 Å². The fourth-order valence-corrected chi connectivity index (χ4v) is 3.01. The zero-order valence-electron chi connectivity index (χ0n) is 10.8. The first-order valence-corrected chi connectivity index (χ1v) is 7.54. The van der Waals surface area contributed by atoms with Crippen molar-refractivity contribution < 1.29 is 8.95 Å². The fourth-order valence-electron chi connectivity index (χ4n) is 1.77. The first-order chi connectivity index (χ1) is 9.63. The Bertz CT molecular complexity index is 677. The van der Waals surface area contributed by atoms with Crippen LogP contribution in [0, 0.1) is 11.3 Å². The number of nitrogens with zero attached hydrogens (tertiary/aromatic N) is 1. The molecule has 5 heteroatoms. The first-order valence-electron chi connectivity index (χ1n) is 5.85. The third-order valence-corrected chi connectivity index (χ3v) is 4.40. The zero-order chi connectivity index (χ0) is 14.5. The Morgan fingerprint density at radius 1 is 1.25 bits per heavy atom.